The third-order valence-corrected chi connectivity index (χ3v) is 3.77. The summed E-state index contributed by atoms with van der Waals surface area (Å²) in [4.78, 5) is 9.88. The first-order chi connectivity index (χ1) is 8.54. The van der Waals surface area contributed by atoms with Crippen LogP contribution < -0.4 is 4.72 Å². The van der Waals surface area contributed by atoms with Crippen LogP contribution in [0, 0.1) is 6.92 Å². The van der Waals surface area contributed by atoms with Crippen molar-refractivity contribution in [2.75, 3.05) is 6.54 Å². The number of nitrogens with one attached hydrogen (secondary N) is 1. The van der Waals surface area contributed by atoms with Gasteiger partial charge in [0.1, 0.15) is 6.54 Å². The van der Waals surface area contributed by atoms with E-state index >= 15 is 0 Å². The summed E-state index contributed by atoms with van der Waals surface area (Å²) < 4.78 is 62.3. The number of carbonyl (C=O) groups is 1. The molecule has 0 amide bonds. The molecule has 1 aromatic rings. The van der Waals surface area contributed by atoms with E-state index in [-0.39, 0.29) is 10.5 Å². The number of aliphatic carboxylic acids is 1. The standard InChI is InChI=1S/C10H10F3NO4S/c1-6-4-7(10(11,12)13)2-3-8(6)19(17,18)14-5-9(15)16/h2-4,14H,5H2,1H3,(H,15,16). The van der Waals surface area contributed by atoms with Crippen molar-refractivity contribution in [2.24, 2.45) is 0 Å². The first-order valence-electron chi connectivity index (χ1n) is 4.93. The fourth-order valence-electron chi connectivity index (χ4n) is 1.36. The molecule has 106 valence electrons. The van der Waals surface area contributed by atoms with E-state index in [9.17, 15) is 26.4 Å². The van der Waals surface area contributed by atoms with Crippen molar-refractivity contribution in [2.45, 2.75) is 18.0 Å². The fourth-order valence-corrected chi connectivity index (χ4v) is 2.56. The van der Waals surface area contributed by atoms with Crippen LogP contribution in [0.15, 0.2) is 23.1 Å². The molecule has 5 nitrogen and oxygen atoms in total. The number of sulfonamides is 1. The van der Waals surface area contributed by atoms with Crippen LogP contribution in [0.4, 0.5) is 13.2 Å². The molecule has 9 heteroatoms. The maximum absolute atomic E-state index is 12.4. The first kappa shape index (κ1) is 15.4. The van der Waals surface area contributed by atoms with Gasteiger partial charge in [-0.1, -0.05) is 0 Å². The van der Waals surface area contributed by atoms with Gasteiger partial charge in [-0.3, -0.25) is 4.79 Å². The van der Waals surface area contributed by atoms with Gasteiger partial charge in [0.15, 0.2) is 0 Å². The van der Waals surface area contributed by atoms with Crippen molar-refractivity contribution >= 4 is 16.0 Å². The number of carboxylic acid groups (broad SMARTS) is 1. The highest BCUT2D eigenvalue weighted by atomic mass is 32.2. The van der Waals surface area contributed by atoms with E-state index in [0.717, 1.165) is 6.07 Å². The van der Waals surface area contributed by atoms with Gasteiger partial charge in [0.05, 0.1) is 10.5 Å². The first-order valence-corrected chi connectivity index (χ1v) is 6.41. The van der Waals surface area contributed by atoms with Gasteiger partial charge in [0.25, 0.3) is 0 Å². The van der Waals surface area contributed by atoms with Crippen LogP contribution in [0.2, 0.25) is 0 Å². The van der Waals surface area contributed by atoms with Crippen LogP contribution in [-0.4, -0.2) is 26.0 Å². The van der Waals surface area contributed by atoms with Gasteiger partial charge < -0.3 is 5.11 Å². The minimum Gasteiger partial charge on any atom is -0.480 e. The lowest BCUT2D eigenvalue weighted by atomic mass is 10.1. The van der Waals surface area contributed by atoms with Crippen molar-refractivity contribution in [1.29, 1.82) is 0 Å². The molecule has 0 unspecified atom stereocenters. The summed E-state index contributed by atoms with van der Waals surface area (Å²) in [7, 11) is -4.15. The predicted octanol–water partition coefficient (Wildman–Crippen LogP) is 1.38. The second-order valence-electron chi connectivity index (χ2n) is 3.70. The van der Waals surface area contributed by atoms with E-state index in [1.807, 2.05) is 0 Å². The Hall–Kier alpha value is -1.61. The molecule has 0 atom stereocenters. The summed E-state index contributed by atoms with van der Waals surface area (Å²) >= 11 is 0. The number of rotatable bonds is 4. The molecule has 0 aliphatic carbocycles. The Balaban J connectivity index is 3.13. The highest BCUT2D eigenvalue weighted by molar-refractivity contribution is 7.89. The second kappa shape index (κ2) is 5.17. The molecular weight excluding hydrogens is 287 g/mol. The monoisotopic (exact) mass is 297 g/mol. The zero-order valence-electron chi connectivity index (χ0n) is 9.65. The van der Waals surface area contributed by atoms with Crippen LogP contribution >= 0.6 is 0 Å². The Morgan fingerprint density at radius 1 is 1.37 bits per heavy atom. The van der Waals surface area contributed by atoms with Gasteiger partial charge in [-0.2, -0.15) is 17.9 Å². The normalized spacial score (nSPS) is 12.4. The molecule has 0 saturated heterocycles. The Labute approximate surface area is 107 Å². The summed E-state index contributed by atoms with van der Waals surface area (Å²) in [5.41, 5.74) is -1.09. The molecule has 0 spiro atoms. The van der Waals surface area contributed by atoms with Crippen LogP contribution in [-0.2, 0) is 21.0 Å². The summed E-state index contributed by atoms with van der Waals surface area (Å²) in [5, 5.41) is 8.37. The molecule has 0 aliphatic rings. The summed E-state index contributed by atoms with van der Waals surface area (Å²) in [6.07, 6.45) is -4.57. The van der Waals surface area contributed by atoms with E-state index in [1.54, 1.807) is 4.72 Å². The van der Waals surface area contributed by atoms with Crippen LogP contribution in [0.25, 0.3) is 0 Å². The number of hydrogen-bond acceptors (Lipinski definition) is 3. The van der Waals surface area contributed by atoms with Crippen molar-refractivity contribution in [3.05, 3.63) is 29.3 Å². The Morgan fingerprint density at radius 3 is 2.37 bits per heavy atom. The molecule has 0 aliphatic heterocycles. The molecule has 0 bridgehead atoms. The molecule has 0 fully saturated rings. The molecule has 0 aromatic heterocycles. The molecule has 2 N–H and O–H groups in total. The summed E-state index contributed by atoms with van der Waals surface area (Å²) in [5.74, 6) is -1.40. The van der Waals surface area contributed by atoms with Gasteiger partial charge in [0, 0.05) is 0 Å². The summed E-state index contributed by atoms with van der Waals surface area (Å²) in [6.45, 7) is 0.355. The lowest BCUT2D eigenvalue weighted by Gasteiger charge is -2.11. The third kappa shape index (κ3) is 3.93. The summed E-state index contributed by atoms with van der Waals surface area (Å²) in [6, 6.07) is 2.11. The molecule has 1 aromatic carbocycles. The van der Waals surface area contributed by atoms with Crippen LogP contribution in [0.1, 0.15) is 11.1 Å². The minimum absolute atomic E-state index is 0.118. The van der Waals surface area contributed by atoms with Gasteiger partial charge in [0.2, 0.25) is 10.0 Å². The molecule has 19 heavy (non-hydrogen) atoms. The van der Waals surface area contributed by atoms with Crippen molar-refractivity contribution < 1.29 is 31.5 Å². The predicted molar refractivity (Wildman–Crippen MR) is 59.0 cm³/mol. The largest absolute Gasteiger partial charge is 0.480 e. The highest BCUT2D eigenvalue weighted by Gasteiger charge is 2.31. The van der Waals surface area contributed by atoms with Crippen molar-refractivity contribution in [3.63, 3.8) is 0 Å². The average Bonchev–Trinajstić information content (AvgIpc) is 2.25. The quantitative estimate of drug-likeness (QED) is 0.879. The number of alkyl halides is 3. The number of benzene rings is 1. The molecule has 0 radical (unpaired) electrons. The van der Waals surface area contributed by atoms with Gasteiger partial charge >= 0.3 is 12.1 Å². The fraction of sp³-hybridized carbons (Fsp3) is 0.300. The smallest absolute Gasteiger partial charge is 0.416 e. The number of halogens is 3. The highest BCUT2D eigenvalue weighted by Crippen LogP contribution is 2.31. The van der Waals surface area contributed by atoms with E-state index in [4.69, 9.17) is 5.11 Å². The Bertz CT molecular complexity index is 595. The molecule has 0 heterocycles. The van der Waals surface area contributed by atoms with Crippen molar-refractivity contribution in [3.8, 4) is 0 Å². The van der Waals surface area contributed by atoms with E-state index in [2.05, 4.69) is 0 Å². The maximum Gasteiger partial charge on any atom is 0.416 e. The van der Waals surface area contributed by atoms with Crippen molar-refractivity contribution in [1.82, 2.24) is 4.72 Å². The van der Waals surface area contributed by atoms with Gasteiger partial charge in [-0.25, -0.2) is 8.42 Å². The lowest BCUT2D eigenvalue weighted by molar-refractivity contribution is -0.138. The number of aryl methyl sites for hydroxylation is 1. The maximum atomic E-state index is 12.4. The second-order valence-corrected chi connectivity index (χ2v) is 5.43. The molecule has 0 saturated carbocycles. The topological polar surface area (TPSA) is 83.5 Å². The van der Waals surface area contributed by atoms with E-state index in [1.165, 1.54) is 6.92 Å². The zero-order chi connectivity index (χ0) is 14.8. The number of hydrogen-bond donors (Lipinski definition) is 2. The SMILES string of the molecule is Cc1cc(C(F)(F)F)ccc1S(=O)(=O)NCC(=O)O. The Kier molecular flexibility index (Phi) is 4.21. The zero-order valence-corrected chi connectivity index (χ0v) is 10.5. The van der Waals surface area contributed by atoms with Gasteiger partial charge in [-0.15, -0.1) is 0 Å². The van der Waals surface area contributed by atoms with Gasteiger partial charge in [-0.05, 0) is 30.7 Å². The van der Waals surface area contributed by atoms with Crippen LogP contribution in [0.3, 0.4) is 0 Å². The van der Waals surface area contributed by atoms with E-state index < -0.39 is 34.3 Å². The Morgan fingerprint density at radius 2 is 1.95 bits per heavy atom. The van der Waals surface area contributed by atoms with Crippen LogP contribution in [0.5, 0.6) is 0 Å². The third-order valence-electron chi connectivity index (χ3n) is 2.21. The van der Waals surface area contributed by atoms with E-state index in [0.29, 0.717) is 12.1 Å². The number of carboxylic acids is 1. The average molecular weight is 297 g/mol. The molecular formula is C10H10F3NO4S. The minimum atomic E-state index is -4.57. The lowest BCUT2D eigenvalue weighted by Crippen LogP contribution is -2.30. The molecule has 1 rings (SSSR count).